The number of aromatic amines is 1. The highest BCUT2D eigenvalue weighted by Gasteiger charge is 2.28. The molecule has 0 bridgehead atoms. The fraction of sp³-hybridized carbons (Fsp3) is 0.429. The van der Waals surface area contributed by atoms with Gasteiger partial charge in [-0.15, -0.1) is 0 Å². The smallest absolute Gasteiger partial charge is 0.340 e. The maximum atomic E-state index is 12.5. The van der Waals surface area contributed by atoms with Crippen molar-refractivity contribution in [2.75, 3.05) is 6.61 Å². The minimum atomic E-state index is -0.398. The van der Waals surface area contributed by atoms with Gasteiger partial charge in [-0.1, -0.05) is 12.8 Å². The van der Waals surface area contributed by atoms with Crippen LogP contribution in [0.25, 0.3) is 22.2 Å². The van der Waals surface area contributed by atoms with E-state index < -0.39 is 5.97 Å². The van der Waals surface area contributed by atoms with Crippen LogP contribution in [0.2, 0.25) is 0 Å². The Morgan fingerprint density at radius 2 is 2.25 bits per heavy atom. The number of carbonyl (C=O) groups excluding carboxylic acids is 1. The second-order valence-corrected chi connectivity index (χ2v) is 7.19. The Kier molecular flexibility index (Phi) is 5.11. The first-order valence-corrected chi connectivity index (χ1v) is 9.77. The van der Waals surface area contributed by atoms with Crippen LogP contribution in [-0.4, -0.2) is 32.3 Å². The number of esters is 1. The predicted octanol–water partition coefficient (Wildman–Crippen LogP) is 4.25. The number of rotatable bonds is 6. The molecule has 7 nitrogen and oxygen atoms in total. The number of pyridine rings is 1. The molecule has 0 aliphatic heterocycles. The number of hydrogen-bond donors (Lipinski definition) is 1. The summed E-state index contributed by atoms with van der Waals surface area (Å²) in [6.45, 7) is 2.08. The Balaban J connectivity index is 1.78. The number of nitriles is 1. The number of carbonyl (C=O) groups is 1. The number of fused-ring (bicyclic) bond motifs is 1. The van der Waals surface area contributed by atoms with E-state index in [1.807, 2.05) is 16.9 Å². The lowest BCUT2D eigenvalue weighted by molar-refractivity contribution is 0.0527. The molecule has 0 saturated heterocycles. The van der Waals surface area contributed by atoms with E-state index in [1.54, 1.807) is 25.5 Å². The molecule has 3 aromatic heterocycles. The summed E-state index contributed by atoms with van der Waals surface area (Å²) in [5, 5.41) is 14.7. The molecule has 0 spiro atoms. The van der Waals surface area contributed by atoms with E-state index in [-0.39, 0.29) is 6.04 Å². The van der Waals surface area contributed by atoms with Crippen LogP contribution in [0.1, 0.15) is 55.4 Å². The van der Waals surface area contributed by atoms with Gasteiger partial charge in [-0.2, -0.15) is 10.4 Å². The summed E-state index contributed by atoms with van der Waals surface area (Å²) >= 11 is 0. The van der Waals surface area contributed by atoms with Gasteiger partial charge in [0.2, 0.25) is 0 Å². The number of nitrogens with one attached hydrogen (secondary N) is 1. The lowest BCUT2D eigenvalue weighted by Gasteiger charge is -2.21. The zero-order valence-electron chi connectivity index (χ0n) is 15.9. The SMILES string of the molecule is CCOC(=O)c1cnc2[nH]ccc2c1-c1cnn([C@@H](CC#N)C2CCCC2)c1. The first-order chi connectivity index (χ1) is 13.7. The average molecular weight is 377 g/mol. The van der Waals surface area contributed by atoms with Crippen molar-refractivity contribution >= 4 is 17.0 Å². The van der Waals surface area contributed by atoms with Crippen LogP contribution in [0.15, 0.2) is 30.9 Å². The Morgan fingerprint density at radius 1 is 1.43 bits per heavy atom. The van der Waals surface area contributed by atoms with Gasteiger partial charge >= 0.3 is 5.97 Å². The number of H-pyrrole nitrogens is 1. The molecule has 0 aromatic carbocycles. The largest absolute Gasteiger partial charge is 0.462 e. The first-order valence-electron chi connectivity index (χ1n) is 9.77. The van der Waals surface area contributed by atoms with Crippen molar-refractivity contribution in [3.05, 3.63) is 36.4 Å². The van der Waals surface area contributed by atoms with Gasteiger partial charge in [-0.3, -0.25) is 4.68 Å². The molecule has 1 fully saturated rings. The van der Waals surface area contributed by atoms with Crippen molar-refractivity contribution in [1.82, 2.24) is 19.7 Å². The van der Waals surface area contributed by atoms with Crippen LogP contribution in [0.4, 0.5) is 0 Å². The number of aromatic nitrogens is 4. The Bertz CT molecular complexity index is 1020. The van der Waals surface area contributed by atoms with E-state index in [0.29, 0.717) is 30.2 Å². The van der Waals surface area contributed by atoms with Crippen LogP contribution >= 0.6 is 0 Å². The maximum absolute atomic E-state index is 12.5. The van der Waals surface area contributed by atoms with Crippen molar-refractivity contribution in [3.8, 4) is 17.2 Å². The van der Waals surface area contributed by atoms with Gasteiger partial charge in [-0.05, 0) is 31.7 Å². The lowest BCUT2D eigenvalue weighted by Crippen LogP contribution is -2.17. The molecule has 0 unspecified atom stereocenters. The Labute approximate surface area is 163 Å². The molecule has 1 aliphatic rings. The summed E-state index contributed by atoms with van der Waals surface area (Å²) in [6.07, 6.45) is 12.2. The van der Waals surface area contributed by atoms with Gasteiger partial charge in [0.1, 0.15) is 5.65 Å². The average Bonchev–Trinajstić information content (AvgIpc) is 3.47. The molecule has 4 rings (SSSR count). The fourth-order valence-electron chi connectivity index (χ4n) is 4.24. The van der Waals surface area contributed by atoms with Crippen LogP contribution in [0, 0.1) is 17.2 Å². The second-order valence-electron chi connectivity index (χ2n) is 7.19. The van der Waals surface area contributed by atoms with Crippen LogP contribution in [-0.2, 0) is 4.74 Å². The molecule has 7 heteroatoms. The zero-order chi connectivity index (χ0) is 19.5. The number of ether oxygens (including phenoxy) is 1. The third-order valence-corrected chi connectivity index (χ3v) is 5.56. The highest BCUT2D eigenvalue weighted by Crippen LogP contribution is 2.37. The summed E-state index contributed by atoms with van der Waals surface area (Å²) in [6, 6.07) is 4.28. The van der Waals surface area contributed by atoms with E-state index >= 15 is 0 Å². The molecule has 3 heterocycles. The maximum Gasteiger partial charge on any atom is 0.340 e. The summed E-state index contributed by atoms with van der Waals surface area (Å²) in [5.74, 6) is 0.0758. The fourth-order valence-corrected chi connectivity index (χ4v) is 4.24. The highest BCUT2D eigenvalue weighted by molar-refractivity contribution is 6.06. The Hall–Kier alpha value is -3.14. The lowest BCUT2D eigenvalue weighted by atomic mass is 9.96. The standard InChI is InChI=1S/C21H23N5O2/c1-2-28-21(27)17-12-24-20-16(8-10-23-20)19(17)15-11-25-26(13-15)18(7-9-22)14-5-3-4-6-14/h8,10-14,18H,2-7H2,1H3,(H,23,24)/t18-/m0/s1. The van der Waals surface area contributed by atoms with E-state index in [9.17, 15) is 10.1 Å². The molecule has 28 heavy (non-hydrogen) atoms. The molecule has 1 atom stereocenters. The summed E-state index contributed by atoms with van der Waals surface area (Å²) < 4.78 is 7.14. The number of nitrogens with zero attached hydrogens (tertiary/aromatic N) is 4. The molecule has 1 N–H and O–H groups in total. The van der Waals surface area contributed by atoms with E-state index in [0.717, 1.165) is 29.4 Å². The summed E-state index contributed by atoms with van der Waals surface area (Å²) in [4.78, 5) is 19.9. The third kappa shape index (κ3) is 3.26. The minimum Gasteiger partial charge on any atom is -0.462 e. The van der Waals surface area contributed by atoms with Crippen LogP contribution in [0.3, 0.4) is 0 Å². The topological polar surface area (TPSA) is 96.6 Å². The molecule has 0 radical (unpaired) electrons. The molecule has 1 aliphatic carbocycles. The van der Waals surface area contributed by atoms with E-state index in [2.05, 4.69) is 21.1 Å². The van der Waals surface area contributed by atoms with E-state index in [4.69, 9.17) is 4.74 Å². The molecule has 3 aromatic rings. The quantitative estimate of drug-likeness (QED) is 0.648. The van der Waals surface area contributed by atoms with E-state index in [1.165, 1.54) is 12.8 Å². The monoisotopic (exact) mass is 377 g/mol. The van der Waals surface area contributed by atoms with Gasteiger partial charge in [0.15, 0.2) is 0 Å². The van der Waals surface area contributed by atoms with Crippen molar-refractivity contribution in [2.24, 2.45) is 5.92 Å². The van der Waals surface area contributed by atoms with Crippen molar-refractivity contribution in [2.45, 2.75) is 45.1 Å². The number of hydrogen-bond acceptors (Lipinski definition) is 5. The van der Waals surface area contributed by atoms with Gasteiger partial charge < -0.3 is 9.72 Å². The van der Waals surface area contributed by atoms with Gasteiger partial charge in [0.05, 0.1) is 36.9 Å². The van der Waals surface area contributed by atoms with Crippen molar-refractivity contribution in [3.63, 3.8) is 0 Å². The molecule has 1 saturated carbocycles. The van der Waals surface area contributed by atoms with Crippen molar-refractivity contribution in [1.29, 1.82) is 5.26 Å². The first kappa shape index (κ1) is 18.2. The Morgan fingerprint density at radius 3 is 3.00 bits per heavy atom. The predicted molar refractivity (Wildman–Crippen MR) is 104 cm³/mol. The zero-order valence-corrected chi connectivity index (χ0v) is 15.9. The van der Waals surface area contributed by atoms with Crippen LogP contribution < -0.4 is 0 Å². The molecular formula is C21H23N5O2. The molecule has 144 valence electrons. The molecular weight excluding hydrogens is 354 g/mol. The van der Waals surface area contributed by atoms with Gasteiger partial charge in [-0.25, -0.2) is 9.78 Å². The summed E-state index contributed by atoms with van der Waals surface area (Å²) in [7, 11) is 0. The summed E-state index contributed by atoms with van der Waals surface area (Å²) in [5.41, 5.74) is 2.72. The van der Waals surface area contributed by atoms with Crippen LogP contribution in [0.5, 0.6) is 0 Å². The van der Waals surface area contributed by atoms with Gasteiger partial charge in [0.25, 0.3) is 0 Å². The third-order valence-electron chi connectivity index (χ3n) is 5.56. The molecule has 0 amide bonds. The van der Waals surface area contributed by atoms with Crippen molar-refractivity contribution < 1.29 is 9.53 Å². The second kappa shape index (κ2) is 7.85. The highest BCUT2D eigenvalue weighted by atomic mass is 16.5. The normalized spacial score (nSPS) is 15.6. The van der Waals surface area contributed by atoms with Gasteiger partial charge in [0, 0.05) is 35.1 Å². The minimum absolute atomic E-state index is 0.0656.